The van der Waals surface area contributed by atoms with Gasteiger partial charge in [-0.25, -0.2) is 9.37 Å². The number of carbonyl (C=O) groups excluding carboxylic acids is 1. The zero-order chi connectivity index (χ0) is 18.2. The molecule has 2 N–H and O–H groups in total. The molecule has 138 valence electrons. The number of hydrogen-bond donors (Lipinski definition) is 2. The summed E-state index contributed by atoms with van der Waals surface area (Å²) in [5.41, 5.74) is 1.68. The Morgan fingerprint density at radius 3 is 2.73 bits per heavy atom. The molecule has 0 aliphatic carbocycles. The zero-order valence-corrected chi connectivity index (χ0v) is 14.6. The summed E-state index contributed by atoms with van der Waals surface area (Å²) in [5.74, 6) is -0.442. The van der Waals surface area contributed by atoms with Gasteiger partial charge in [0.25, 0.3) is 5.91 Å². The van der Waals surface area contributed by atoms with Crippen LogP contribution in [-0.4, -0.2) is 55.2 Å². The van der Waals surface area contributed by atoms with E-state index < -0.39 is 0 Å². The van der Waals surface area contributed by atoms with Crippen LogP contribution >= 0.6 is 0 Å². The number of morpholine rings is 1. The minimum Gasteiger partial charge on any atom is -0.380 e. The van der Waals surface area contributed by atoms with Gasteiger partial charge in [0, 0.05) is 38.3 Å². The maximum Gasteiger partial charge on any atom is 0.269 e. The molecule has 0 unspecified atom stereocenters. The number of nitrogens with one attached hydrogen (secondary N) is 2. The van der Waals surface area contributed by atoms with E-state index in [-0.39, 0.29) is 11.7 Å². The summed E-state index contributed by atoms with van der Waals surface area (Å²) in [7, 11) is 0. The summed E-state index contributed by atoms with van der Waals surface area (Å²) in [5, 5.41) is 5.98. The lowest BCUT2D eigenvalue weighted by Crippen LogP contribution is -2.41. The molecule has 1 fully saturated rings. The predicted octanol–water partition coefficient (Wildman–Crippen LogP) is 1.89. The lowest BCUT2D eigenvalue weighted by molar-refractivity contribution is 0.0383. The molecular weight excluding hydrogens is 335 g/mol. The van der Waals surface area contributed by atoms with Gasteiger partial charge in [-0.1, -0.05) is 18.2 Å². The summed E-state index contributed by atoms with van der Waals surface area (Å²) in [4.78, 5) is 18.6. The molecule has 0 saturated carbocycles. The highest BCUT2D eigenvalue weighted by Gasteiger charge is 2.11. The highest BCUT2D eigenvalue weighted by molar-refractivity contribution is 5.92. The quantitative estimate of drug-likeness (QED) is 0.791. The van der Waals surface area contributed by atoms with Crippen molar-refractivity contribution in [2.24, 2.45) is 0 Å². The Bertz CT molecular complexity index is 718. The monoisotopic (exact) mass is 358 g/mol. The van der Waals surface area contributed by atoms with E-state index in [2.05, 4.69) is 20.5 Å². The number of ether oxygens (including phenoxy) is 1. The lowest BCUT2D eigenvalue weighted by Gasteiger charge is -2.26. The summed E-state index contributed by atoms with van der Waals surface area (Å²) < 4.78 is 18.9. The molecule has 2 heterocycles. The van der Waals surface area contributed by atoms with Gasteiger partial charge in [-0.15, -0.1) is 0 Å². The molecule has 0 bridgehead atoms. The van der Waals surface area contributed by atoms with E-state index in [4.69, 9.17) is 4.74 Å². The number of halogens is 1. The van der Waals surface area contributed by atoms with Gasteiger partial charge in [0.2, 0.25) is 0 Å². The van der Waals surface area contributed by atoms with E-state index in [0.29, 0.717) is 24.3 Å². The van der Waals surface area contributed by atoms with Crippen LogP contribution in [0.3, 0.4) is 0 Å². The van der Waals surface area contributed by atoms with Crippen molar-refractivity contribution in [3.63, 3.8) is 0 Å². The van der Waals surface area contributed by atoms with Crippen molar-refractivity contribution in [2.45, 2.75) is 6.54 Å². The topological polar surface area (TPSA) is 66.5 Å². The van der Waals surface area contributed by atoms with E-state index >= 15 is 0 Å². The fourth-order valence-electron chi connectivity index (χ4n) is 2.71. The van der Waals surface area contributed by atoms with Crippen LogP contribution in [0.1, 0.15) is 16.1 Å². The van der Waals surface area contributed by atoms with Crippen molar-refractivity contribution in [3.05, 3.63) is 59.7 Å². The third-order valence-electron chi connectivity index (χ3n) is 4.25. The number of benzene rings is 1. The Balaban J connectivity index is 1.44. The average Bonchev–Trinajstić information content (AvgIpc) is 2.68. The number of rotatable bonds is 7. The molecule has 0 radical (unpaired) electrons. The molecule has 1 aliphatic heterocycles. The fourth-order valence-corrected chi connectivity index (χ4v) is 2.71. The first-order valence-corrected chi connectivity index (χ1v) is 8.74. The smallest absolute Gasteiger partial charge is 0.269 e. The largest absolute Gasteiger partial charge is 0.380 e. The van der Waals surface area contributed by atoms with Crippen LogP contribution in [0, 0.1) is 5.82 Å². The number of amides is 1. The van der Waals surface area contributed by atoms with Crippen molar-refractivity contribution >= 4 is 11.6 Å². The van der Waals surface area contributed by atoms with Crippen molar-refractivity contribution in [3.8, 4) is 0 Å². The highest BCUT2D eigenvalue weighted by Crippen LogP contribution is 2.11. The minimum absolute atomic E-state index is 0.195. The maximum atomic E-state index is 13.6. The fraction of sp³-hybridized carbons (Fsp3) is 0.368. The van der Waals surface area contributed by atoms with Gasteiger partial charge in [0.15, 0.2) is 0 Å². The third kappa shape index (κ3) is 5.24. The number of carbonyl (C=O) groups is 1. The third-order valence-corrected chi connectivity index (χ3v) is 4.25. The van der Waals surface area contributed by atoms with E-state index in [0.717, 1.165) is 38.5 Å². The molecule has 7 heteroatoms. The molecule has 6 nitrogen and oxygen atoms in total. The van der Waals surface area contributed by atoms with E-state index in [1.807, 2.05) is 0 Å². The second-order valence-corrected chi connectivity index (χ2v) is 6.09. The Hall–Kier alpha value is -2.51. The first-order valence-electron chi connectivity index (χ1n) is 8.74. The number of pyridine rings is 1. The predicted molar refractivity (Wildman–Crippen MR) is 97.6 cm³/mol. The second kappa shape index (κ2) is 9.26. The second-order valence-electron chi connectivity index (χ2n) is 6.09. The van der Waals surface area contributed by atoms with Gasteiger partial charge in [-0.2, -0.15) is 0 Å². The van der Waals surface area contributed by atoms with Crippen LogP contribution < -0.4 is 10.6 Å². The molecule has 2 aromatic rings. The van der Waals surface area contributed by atoms with E-state index in [9.17, 15) is 9.18 Å². The summed E-state index contributed by atoms with van der Waals surface area (Å²) >= 11 is 0. The van der Waals surface area contributed by atoms with Crippen LogP contribution in [0.5, 0.6) is 0 Å². The molecule has 0 atom stereocenters. The van der Waals surface area contributed by atoms with E-state index in [1.165, 1.54) is 6.07 Å². The van der Waals surface area contributed by atoms with Crippen LogP contribution in [-0.2, 0) is 11.3 Å². The molecular formula is C19H23FN4O2. The first-order chi connectivity index (χ1) is 12.7. The van der Waals surface area contributed by atoms with Gasteiger partial charge < -0.3 is 15.4 Å². The van der Waals surface area contributed by atoms with E-state index in [1.54, 1.807) is 36.5 Å². The van der Waals surface area contributed by atoms with Crippen molar-refractivity contribution in [1.82, 2.24) is 15.2 Å². The van der Waals surface area contributed by atoms with Gasteiger partial charge in [0.05, 0.1) is 25.1 Å². The number of aromatic nitrogens is 1. The Labute approximate surface area is 152 Å². The molecule has 1 amide bonds. The van der Waals surface area contributed by atoms with Crippen LogP contribution in [0.2, 0.25) is 0 Å². The lowest BCUT2D eigenvalue weighted by atomic mass is 10.2. The molecule has 0 spiro atoms. The summed E-state index contributed by atoms with van der Waals surface area (Å²) in [6, 6.07) is 10.0. The molecule has 1 aromatic heterocycles. The maximum absolute atomic E-state index is 13.6. The molecule has 26 heavy (non-hydrogen) atoms. The SMILES string of the molecule is O=C(NCCN1CCOCC1)c1ccc(NCc2ccccc2F)cn1. The van der Waals surface area contributed by atoms with Gasteiger partial charge >= 0.3 is 0 Å². The van der Waals surface area contributed by atoms with Gasteiger partial charge in [0.1, 0.15) is 11.5 Å². The van der Waals surface area contributed by atoms with Gasteiger partial charge in [-0.3, -0.25) is 9.69 Å². The molecule has 3 rings (SSSR count). The number of anilines is 1. The molecule has 1 saturated heterocycles. The number of nitrogens with zero attached hydrogens (tertiary/aromatic N) is 2. The standard InChI is InChI=1S/C19H23FN4O2/c20-17-4-2-1-3-15(17)13-22-16-5-6-18(23-14-16)19(25)21-7-8-24-9-11-26-12-10-24/h1-6,14,22H,7-13H2,(H,21,25). The molecule has 1 aliphatic rings. The van der Waals surface area contributed by atoms with Crippen molar-refractivity contribution < 1.29 is 13.9 Å². The molecule has 1 aromatic carbocycles. The normalized spacial score (nSPS) is 14.8. The van der Waals surface area contributed by atoms with Crippen molar-refractivity contribution in [1.29, 1.82) is 0 Å². The zero-order valence-electron chi connectivity index (χ0n) is 14.6. The Morgan fingerprint density at radius 2 is 2.00 bits per heavy atom. The summed E-state index contributed by atoms with van der Waals surface area (Å²) in [6.45, 7) is 5.03. The first kappa shape index (κ1) is 18.3. The van der Waals surface area contributed by atoms with Crippen molar-refractivity contribution in [2.75, 3.05) is 44.7 Å². The van der Waals surface area contributed by atoms with Gasteiger partial charge in [-0.05, 0) is 18.2 Å². The van der Waals surface area contributed by atoms with Crippen LogP contribution in [0.4, 0.5) is 10.1 Å². The Morgan fingerprint density at radius 1 is 1.19 bits per heavy atom. The summed E-state index contributed by atoms with van der Waals surface area (Å²) in [6.07, 6.45) is 1.58. The van der Waals surface area contributed by atoms with Crippen LogP contribution in [0.15, 0.2) is 42.6 Å². The number of hydrogen-bond acceptors (Lipinski definition) is 5. The average molecular weight is 358 g/mol. The van der Waals surface area contributed by atoms with Crippen LogP contribution in [0.25, 0.3) is 0 Å². The Kier molecular flexibility index (Phi) is 6.51. The highest BCUT2D eigenvalue weighted by atomic mass is 19.1. The minimum atomic E-state index is -0.246.